The third-order valence-electron chi connectivity index (χ3n) is 2.06. The summed E-state index contributed by atoms with van der Waals surface area (Å²) in [6.07, 6.45) is 3.42. The zero-order valence-electron chi connectivity index (χ0n) is 7.58. The molecular weight excluding hydrogens is 202 g/mol. The summed E-state index contributed by atoms with van der Waals surface area (Å²) >= 11 is 0. The van der Waals surface area contributed by atoms with E-state index in [1.165, 1.54) is 0 Å². The molecular formula is C8H10BClN2O2. The first kappa shape index (κ1) is 11.0. The van der Waals surface area contributed by atoms with Gasteiger partial charge in [-0.1, -0.05) is 6.07 Å². The third-order valence-corrected chi connectivity index (χ3v) is 2.06. The molecule has 2 aromatic rings. The van der Waals surface area contributed by atoms with Gasteiger partial charge in [0.15, 0.2) is 0 Å². The number of aryl methyl sites for hydroxylation is 1. The Morgan fingerprint density at radius 3 is 2.71 bits per heavy atom. The molecule has 2 N–H and O–H groups in total. The van der Waals surface area contributed by atoms with Crippen LogP contribution in [0.15, 0.2) is 24.5 Å². The van der Waals surface area contributed by atoms with Gasteiger partial charge in [0.05, 0.1) is 0 Å². The summed E-state index contributed by atoms with van der Waals surface area (Å²) in [6.45, 7) is 1.93. The van der Waals surface area contributed by atoms with Crippen molar-refractivity contribution >= 4 is 30.6 Å². The highest BCUT2D eigenvalue weighted by Crippen LogP contribution is 2.02. The first-order valence-corrected chi connectivity index (χ1v) is 3.99. The fourth-order valence-electron chi connectivity index (χ4n) is 1.37. The van der Waals surface area contributed by atoms with Crippen LogP contribution in [-0.4, -0.2) is 26.6 Å². The van der Waals surface area contributed by atoms with Crippen LogP contribution >= 0.6 is 12.4 Å². The van der Waals surface area contributed by atoms with E-state index >= 15 is 0 Å². The molecule has 4 nitrogen and oxygen atoms in total. The van der Waals surface area contributed by atoms with Crippen molar-refractivity contribution in [2.24, 2.45) is 0 Å². The van der Waals surface area contributed by atoms with Crippen molar-refractivity contribution in [3.8, 4) is 0 Å². The fraction of sp³-hybridized carbons (Fsp3) is 0.125. The van der Waals surface area contributed by atoms with Crippen molar-refractivity contribution < 1.29 is 10.0 Å². The molecule has 2 aromatic heterocycles. The van der Waals surface area contributed by atoms with Crippen molar-refractivity contribution in [3.63, 3.8) is 0 Å². The molecule has 14 heavy (non-hydrogen) atoms. The highest BCUT2D eigenvalue weighted by atomic mass is 35.5. The Hall–Kier alpha value is -1.04. The lowest BCUT2D eigenvalue weighted by Gasteiger charge is -2.04. The molecule has 6 heteroatoms. The number of imidazole rings is 1. The second-order valence-electron chi connectivity index (χ2n) is 2.92. The molecule has 0 saturated carbocycles. The first-order chi connectivity index (χ1) is 6.20. The first-order valence-electron chi connectivity index (χ1n) is 3.99. The van der Waals surface area contributed by atoms with Gasteiger partial charge < -0.3 is 14.4 Å². The Kier molecular flexibility index (Phi) is 3.15. The van der Waals surface area contributed by atoms with Crippen LogP contribution in [0, 0.1) is 6.92 Å². The van der Waals surface area contributed by atoms with Gasteiger partial charge in [-0.05, 0) is 13.0 Å². The maximum absolute atomic E-state index is 9.03. The van der Waals surface area contributed by atoms with Crippen molar-refractivity contribution in [1.82, 2.24) is 9.38 Å². The Balaban J connectivity index is 0.000000980. The van der Waals surface area contributed by atoms with E-state index in [-0.39, 0.29) is 12.4 Å². The monoisotopic (exact) mass is 212 g/mol. The predicted molar refractivity (Wildman–Crippen MR) is 57.0 cm³/mol. The van der Waals surface area contributed by atoms with Crippen LogP contribution in [0.4, 0.5) is 0 Å². The molecule has 0 saturated heterocycles. The van der Waals surface area contributed by atoms with E-state index in [0.29, 0.717) is 11.1 Å². The van der Waals surface area contributed by atoms with Gasteiger partial charge in [-0.25, -0.2) is 4.98 Å². The van der Waals surface area contributed by atoms with E-state index in [1.807, 2.05) is 17.4 Å². The maximum Gasteiger partial charge on any atom is 0.492 e. The van der Waals surface area contributed by atoms with Gasteiger partial charge in [0.1, 0.15) is 5.65 Å². The summed E-state index contributed by atoms with van der Waals surface area (Å²) in [4.78, 5) is 4.04. The van der Waals surface area contributed by atoms with E-state index in [9.17, 15) is 0 Å². The SMILES string of the molecule is Cc1ccc(B(O)O)c2nccn12.Cl. The molecule has 74 valence electrons. The molecule has 0 bridgehead atoms. The van der Waals surface area contributed by atoms with Gasteiger partial charge in [-0.3, -0.25) is 0 Å². The average molecular weight is 212 g/mol. The Morgan fingerprint density at radius 1 is 1.36 bits per heavy atom. The van der Waals surface area contributed by atoms with Crippen LogP contribution in [0.3, 0.4) is 0 Å². The fourth-order valence-corrected chi connectivity index (χ4v) is 1.37. The van der Waals surface area contributed by atoms with Gasteiger partial charge >= 0.3 is 7.12 Å². The van der Waals surface area contributed by atoms with Gasteiger partial charge in [0.2, 0.25) is 0 Å². The van der Waals surface area contributed by atoms with E-state index in [1.54, 1.807) is 18.5 Å². The summed E-state index contributed by atoms with van der Waals surface area (Å²) in [6, 6.07) is 3.49. The molecule has 0 aromatic carbocycles. The van der Waals surface area contributed by atoms with Crippen molar-refractivity contribution in [3.05, 3.63) is 30.2 Å². The van der Waals surface area contributed by atoms with Gasteiger partial charge in [0, 0.05) is 23.6 Å². The lowest BCUT2D eigenvalue weighted by Crippen LogP contribution is -2.31. The molecule has 0 aliphatic carbocycles. The maximum atomic E-state index is 9.03. The minimum Gasteiger partial charge on any atom is -0.423 e. The Morgan fingerprint density at radius 2 is 2.07 bits per heavy atom. The number of nitrogens with zero attached hydrogens (tertiary/aromatic N) is 2. The smallest absolute Gasteiger partial charge is 0.423 e. The predicted octanol–water partition coefficient (Wildman–Crippen LogP) is -0.256. The van der Waals surface area contributed by atoms with E-state index in [0.717, 1.165) is 5.69 Å². The zero-order valence-corrected chi connectivity index (χ0v) is 8.40. The van der Waals surface area contributed by atoms with Gasteiger partial charge in [0.25, 0.3) is 0 Å². The number of aromatic nitrogens is 2. The molecule has 0 aliphatic heterocycles. The molecule has 2 heterocycles. The summed E-state index contributed by atoms with van der Waals surface area (Å²) < 4.78 is 1.81. The molecule has 0 fully saturated rings. The van der Waals surface area contributed by atoms with Crippen LogP contribution in [-0.2, 0) is 0 Å². The number of hydrogen-bond acceptors (Lipinski definition) is 3. The van der Waals surface area contributed by atoms with E-state index < -0.39 is 7.12 Å². The van der Waals surface area contributed by atoms with Crippen molar-refractivity contribution in [1.29, 1.82) is 0 Å². The minimum atomic E-state index is -1.47. The topological polar surface area (TPSA) is 57.8 Å². The van der Waals surface area contributed by atoms with E-state index in [4.69, 9.17) is 10.0 Å². The highest BCUT2D eigenvalue weighted by Gasteiger charge is 2.16. The molecule has 0 radical (unpaired) electrons. The van der Waals surface area contributed by atoms with Gasteiger partial charge in [-0.15, -0.1) is 12.4 Å². The molecule has 0 atom stereocenters. The Labute approximate surface area is 87.8 Å². The highest BCUT2D eigenvalue weighted by molar-refractivity contribution is 6.60. The minimum absolute atomic E-state index is 0. The Bertz CT molecular complexity index is 444. The summed E-state index contributed by atoms with van der Waals surface area (Å²) in [5, 5.41) is 18.1. The second-order valence-corrected chi connectivity index (χ2v) is 2.92. The number of rotatable bonds is 1. The van der Waals surface area contributed by atoms with Crippen LogP contribution in [0.25, 0.3) is 5.65 Å². The number of halogens is 1. The van der Waals surface area contributed by atoms with Crippen molar-refractivity contribution in [2.75, 3.05) is 0 Å². The second kappa shape index (κ2) is 4.00. The zero-order chi connectivity index (χ0) is 9.42. The summed E-state index contributed by atoms with van der Waals surface area (Å²) in [5.74, 6) is 0. The van der Waals surface area contributed by atoms with Crippen LogP contribution in [0.1, 0.15) is 5.69 Å². The van der Waals surface area contributed by atoms with Crippen LogP contribution < -0.4 is 5.46 Å². The standard InChI is InChI=1S/C8H9BN2O2.ClH/c1-6-2-3-7(9(12)13)8-10-4-5-11(6)8;/h2-5,12-13H,1H3;1H. The quantitative estimate of drug-likeness (QED) is 0.641. The largest absolute Gasteiger partial charge is 0.492 e. The number of hydrogen-bond donors (Lipinski definition) is 2. The molecule has 0 aliphatic rings. The van der Waals surface area contributed by atoms with Crippen LogP contribution in [0.5, 0.6) is 0 Å². The number of pyridine rings is 1. The van der Waals surface area contributed by atoms with E-state index in [2.05, 4.69) is 4.98 Å². The molecule has 0 unspecified atom stereocenters. The van der Waals surface area contributed by atoms with Gasteiger partial charge in [-0.2, -0.15) is 0 Å². The normalized spacial score (nSPS) is 9.93. The lowest BCUT2D eigenvalue weighted by molar-refractivity contribution is 0.426. The molecule has 2 rings (SSSR count). The lowest BCUT2D eigenvalue weighted by atomic mass is 9.81. The molecule has 0 amide bonds. The van der Waals surface area contributed by atoms with Crippen LogP contribution in [0.2, 0.25) is 0 Å². The summed E-state index contributed by atoms with van der Waals surface area (Å²) in [7, 11) is -1.47. The molecule has 0 spiro atoms. The van der Waals surface area contributed by atoms with Crippen molar-refractivity contribution in [2.45, 2.75) is 6.92 Å². The average Bonchev–Trinajstić information content (AvgIpc) is 2.53. The summed E-state index contributed by atoms with van der Waals surface area (Å²) in [5.41, 5.74) is 2.03. The number of fused-ring (bicyclic) bond motifs is 1. The third kappa shape index (κ3) is 1.62.